The molecule has 1 aliphatic rings. The minimum absolute atomic E-state index is 0.0336. The Bertz CT molecular complexity index is 574. The van der Waals surface area contributed by atoms with Crippen molar-refractivity contribution in [3.63, 3.8) is 0 Å². The molecule has 6 heteroatoms. The quantitative estimate of drug-likeness (QED) is 0.873. The van der Waals surface area contributed by atoms with Crippen LogP contribution in [0.15, 0.2) is 23.1 Å². The van der Waals surface area contributed by atoms with Gasteiger partial charge in [-0.15, -0.1) is 0 Å². The summed E-state index contributed by atoms with van der Waals surface area (Å²) in [6.07, 6.45) is 2.65. The number of rotatable bonds is 3. The van der Waals surface area contributed by atoms with Crippen molar-refractivity contribution in [1.82, 2.24) is 4.31 Å². The largest absolute Gasteiger partial charge is 0.398 e. The standard InChI is InChI=1S/C13H19ClN2O2S/c1-3-10-5-4-9(2)16(10)19(17,18)11-6-7-13(15)12(14)8-11/h6-10H,3-5,15H2,1-2H3. The van der Waals surface area contributed by atoms with Crippen LogP contribution in [0.4, 0.5) is 5.69 Å². The molecule has 1 fully saturated rings. The zero-order valence-corrected chi connectivity index (χ0v) is 12.7. The van der Waals surface area contributed by atoms with Gasteiger partial charge in [0.25, 0.3) is 0 Å². The lowest BCUT2D eigenvalue weighted by molar-refractivity contribution is 0.328. The van der Waals surface area contributed by atoms with E-state index in [1.807, 2.05) is 13.8 Å². The monoisotopic (exact) mass is 302 g/mol. The number of benzene rings is 1. The Hall–Kier alpha value is -0.780. The fourth-order valence-corrected chi connectivity index (χ4v) is 4.88. The van der Waals surface area contributed by atoms with Crippen molar-refractivity contribution in [2.75, 3.05) is 5.73 Å². The van der Waals surface area contributed by atoms with Gasteiger partial charge in [-0.25, -0.2) is 8.42 Å². The van der Waals surface area contributed by atoms with Crippen molar-refractivity contribution in [3.05, 3.63) is 23.2 Å². The van der Waals surface area contributed by atoms with Crippen molar-refractivity contribution in [2.24, 2.45) is 0 Å². The molecule has 1 aliphatic heterocycles. The number of nitrogens with two attached hydrogens (primary N) is 1. The Morgan fingerprint density at radius 2 is 2.11 bits per heavy atom. The summed E-state index contributed by atoms with van der Waals surface area (Å²) in [6, 6.07) is 4.61. The van der Waals surface area contributed by atoms with Crippen LogP contribution in [-0.4, -0.2) is 24.8 Å². The molecule has 0 radical (unpaired) electrons. The molecule has 4 nitrogen and oxygen atoms in total. The van der Waals surface area contributed by atoms with Crippen LogP contribution in [0.25, 0.3) is 0 Å². The Labute approximate surface area is 119 Å². The van der Waals surface area contributed by atoms with Gasteiger partial charge in [-0.2, -0.15) is 4.31 Å². The zero-order chi connectivity index (χ0) is 14.2. The van der Waals surface area contributed by atoms with E-state index in [4.69, 9.17) is 17.3 Å². The first-order chi connectivity index (χ1) is 8.87. The number of hydrogen-bond donors (Lipinski definition) is 1. The van der Waals surface area contributed by atoms with Gasteiger partial charge in [-0.1, -0.05) is 18.5 Å². The third-order valence-electron chi connectivity index (χ3n) is 3.73. The normalized spacial score (nSPS) is 24.8. The minimum Gasteiger partial charge on any atom is -0.398 e. The second-order valence-corrected chi connectivity index (χ2v) is 7.26. The van der Waals surface area contributed by atoms with Crippen molar-refractivity contribution in [1.29, 1.82) is 0 Å². The molecule has 0 bridgehead atoms. The number of hydrogen-bond acceptors (Lipinski definition) is 3. The second-order valence-electron chi connectivity index (χ2n) is 5.01. The van der Waals surface area contributed by atoms with Crippen LogP contribution in [0.2, 0.25) is 5.02 Å². The Balaban J connectivity index is 2.43. The van der Waals surface area contributed by atoms with Crippen LogP contribution in [-0.2, 0) is 10.0 Å². The average molecular weight is 303 g/mol. The van der Waals surface area contributed by atoms with Crippen LogP contribution in [0, 0.1) is 0 Å². The van der Waals surface area contributed by atoms with E-state index in [1.54, 1.807) is 4.31 Å². The third kappa shape index (κ3) is 2.59. The van der Waals surface area contributed by atoms with Gasteiger partial charge in [-0.3, -0.25) is 0 Å². The molecule has 0 aromatic heterocycles. The predicted molar refractivity (Wildman–Crippen MR) is 77.7 cm³/mol. The number of sulfonamides is 1. The maximum atomic E-state index is 12.7. The van der Waals surface area contributed by atoms with Crippen molar-refractivity contribution in [3.8, 4) is 0 Å². The summed E-state index contributed by atoms with van der Waals surface area (Å²) in [4.78, 5) is 0.221. The summed E-state index contributed by atoms with van der Waals surface area (Å²) < 4.78 is 27.0. The predicted octanol–water partition coefficient (Wildman–Crippen LogP) is 2.87. The van der Waals surface area contributed by atoms with Crippen molar-refractivity contribution < 1.29 is 8.42 Å². The molecule has 2 N–H and O–H groups in total. The molecular weight excluding hydrogens is 284 g/mol. The number of halogens is 1. The molecule has 0 amide bonds. The topological polar surface area (TPSA) is 63.4 Å². The van der Waals surface area contributed by atoms with E-state index in [2.05, 4.69) is 0 Å². The van der Waals surface area contributed by atoms with Crippen LogP contribution in [0.3, 0.4) is 0 Å². The SMILES string of the molecule is CCC1CCC(C)N1S(=O)(=O)c1ccc(N)c(Cl)c1. The lowest BCUT2D eigenvalue weighted by Crippen LogP contribution is -2.39. The van der Waals surface area contributed by atoms with Crippen molar-refractivity contribution in [2.45, 2.75) is 50.1 Å². The summed E-state index contributed by atoms with van der Waals surface area (Å²) >= 11 is 5.93. The molecular formula is C13H19ClN2O2S. The summed E-state index contributed by atoms with van der Waals surface area (Å²) in [6.45, 7) is 3.97. The van der Waals surface area contributed by atoms with Gasteiger partial charge < -0.3 is 5.73 Å². The lowest BCUT2D eigenvalue weighted by atomic mass is 10.2. The first kappa shape index (κ1) is 14.6. The van der Waals surface area contributed by atoms with Crippen LogP contribution < -0.4 is 5.73 Å². The Morgan fingerprint density at radius 3 is 2.68 bits per heavy atom. The fraction of sp³-hybridized carbons (Fsp3) is 0.538. The molecule has 0 aliphatic carbocycles. The smallest absolute Gasteiger partial charge is 0.243 e. The minimum atomic E-state index is -3.50. The third-order valence-corrected chi connectivity index (χ3v) is 6.12. The van der Waals surface area contributed by atoms with Gasteiger partial charge in [0.05, 0.1) is 15.6 Å². The molecule has 1 saturated heterocycles. The van der Waals surface area contributed by atoms with Crippen molar-refractivity contribution >= 4 is 27.3 Å². The van der Waals surface area contributed by atoms with Crippen LogP contribution >= 0.6 is 11.6 Å². The summed E-state index contributed by atoms with van der Waals surface area (Å²) in [5.41, 5.74) is 6.02. The van der Waals surface area contributed by atoms with E-state index >= 15 is 0 Å². The molecule has 19 heavy (non-hydrogen) atoms. The maximum absolute atomic E-state index is 12.7. The average Bonchev–Trinajstić information content (AvgIpc) is 2.74. The first-order valence-electron chi connectivity index (χ1n) is 6.46. The first-order valence-corrected chi connectivity index (χ1v) is 8.28. The molecule has 0 saturated carbocycles. The molecule has 0 spiro atoms. The molecule has 2 rings (SSSR count). The summed E-state index contributed by atoms with van der Waals surface area (Å²) in [7, 11) is -3.50. The van der Waals surface area contributed by atoms with Gasteiger partial charge in [0.1, 0.15) is 0 Å². The van der Waals surface area contributed by atoms with Gasteiger partial charge in [-0.05, 0) is 44.4 Å². The Morgan fingerprint density at radius 1 is 1.42 bits per heavy atom. The van der Waals surface area contributed by atoms with E-state index < -0.39 is 10.0 Å². The maximum Gasteiger partial charge on any atom is 0.243 e. The van der Waals surface area contributed by atoms with E-state index in [-0.39, 0.29) is 22.0 Å². The van der Waals surface area contributed by atoms with Gasteiger partial charge in [0.2, 0.25) is 10.0 Å². The highest BCUT2D eigenvalue weighted by atomic mass is 35.5. The van der Waals surface area contributed by atoms with Gasteiger partial charge in [0, 0.05) is 12.1 Å². The van der Waals surface area contributed by atoms with E-state index in [9.17, 15) is 8.42 Å². The second kappa shape index (κ2) is 5.31. The molecule has 1 heterocycles. The molecule has 2 atom stereocenters. The number of nitrogens with zero attached hydrogens (tertiary/aromatic N) is 1. The van der Waals surface area contributed by atoms with Crippen LogP contribution in [0.1, 0.15) is 33.1 Å². The lowest BCUT2D eigenvalue weighted by Gasteiger charge is -2.27. The highest BCUT2D eigenvalue weighted by Crippen LogP contribution is 2.33. The van der Waals surface area contributed by atoms with E-state index in [0.29, 0.717) is 5.69 Å². The molecule has 1 aromatic rings. The molecule has 1 aromatic carbocycles. The van der Waals surface area contributed by atoms with Gasteiger partial charge >= 0.3 is 0 Å². The van der Waals surface area contributed by atoms with Crippen LogP contribution in [0.5, 0.6) is 0 Å². The summed E-state index contributed by atoms with van der Waals surface area (Å²) in [5, 5.41) is 0.279. The highest BCUT2D eigenvalue weighted by molar-refractivity contribution is 7.89. The summed E-state index contributed by atoms with van der Waals surface area (Å²) in [5.74, 6) is 0. The molecule has 2 unspecified atom stereocenters. The number of nitrogen functional groups attached to an aromatic ring is 1. The Kier molecular flexibility index (Phi) is 4.08. The van der Waals surface area contributed by atoms with E-state index in [1.165, 1.54) is 18.2 Å². The van der Waals surface area contributed by atoms with Gasteiger partial charge in [0.15, 0.2) is 0 Å². The van der Waals surface area contributed by atoms with E-state index in [0.717, 1.165) is 19.3 Å². The molecule has 106 valence electrons. The fourth-order valence-electron chi connectivity index (χ4n) is 2.66. The zero-order valence-electron chi connectivity index (χ0n) is 11.1. The number of anilines is 1. The highest BCUT2D eigenvalue weighted by Gasteiger charge is 2.39.